The maximum Gasteiger partial charge on any atom is 0.267 e. The molecule has 0 spiro atoms. The van der Waals surface area contributed by atoms with Crippen LogP contribution in [0.2, 0.25) is 0 Å². The number of para-hydroxylation sites is 1. The molecule has 29 heavy (non-hydrogen) atoms. The highest BCUT2D eigenvalue weighted by Gasteiger charge is 2.36. The quantitative estimate of drug-likeness (QED) is 0.744. The highest BCUT2D eigenvalue weighted by Crippen LogP contribution is 2.26. The van der Waals surface area contributed by atoms with Gasteiger partial charge in [0, 0.05) is 31.6 Å². The van der Waals surface area contributed by atoms with E-state index >= 15 is 0 Å². The van der Waals surface area contributed by atoms with Gasteiger partial charge >= 0.3 is 0 Å². The second kappa shape index (κ2) is 8.95. The molecule has 1 saturated carbocycles. The molecule has 7 heteroatoms. The summed E-state index contributed by atoms with van der Waals surface area (Å²) < 4.78 is 0. The average Bonchev–Trinajstić information content (AvgIpc) is 3.29. The van der Waals surface area contributed by atoms with Crippen LogP contribution in [0.5, 0.6) is 0 Å². The molecule has 1 aromatic rings. The van der Waals surface area contributed by atoms with Crippen LogP contribution >= 0.6 is 0 Å². The van der Waals surface area contributed by atoms with E-state index in [-0.39, 0.29) is 18.4 Å². The molecule has 2 amide bonds. The maximum atomic E-state index is 12.8. The Hall–Kier alpha value is -2.41. The molecule has 0 bridgehead atoms. The van der Waals surface area contributed by atoms with Crippen LogP contribution in [-0.4, -0.2) is 53.6 Å². The Balaban J connectivity index is 1.37. The Morgan fingerprint density at radius 3 is 2.45 bits per heavy atom. The van der Waals surface area contributed by atoms with Gasteiger partial charge in [0.1, 0.15) is 11.8 Å². The number of benzene rings is 1. The number of carbonyl (C=O) groups is 2. The fourth-order valence-electron chi connectivity index (χ4n) is 4.82. The van der Waals surface area contributed by atoms with Crippen molar-refractivity contribution in [1.29, 1.82) is 0 Å². The van der Waals surface area contributed by atoms with Crippen molar-refractivity contribution in [3.05, 3.63) is 30.3 Å². The third-order valence-corrected chi connectivity index (χ3v) is 6.42. The molecule has 3 aliphatic rings. The van der Waals surface area contributed by atoms with E-state index in [2.05, 4.69) is 15.3 Å². The van der Waals surface area contributed by atoms with E-state index in [0.29, 0.717) is 11.8 Å². The Kier molecular flexibility index (Phi) is 6.13. The third kappa shape index (κ3) is 4.61. The number of nitrogens with zero attached hydrogens (tertiary/aromatic N) is 3. The minimum atomic E-state index is -0.621. The number of nitrogens with one attached hydrogen (secondary N) is 1. The summed E-state index contributed by atoms with van der Waals surface area (Å²) in [4.78, 5) is 27.3. The number of carbonyl (C=O) groups excluding carboxylic acids is 2. The highest BCUT2D eigenvalue weighted by molar-refractivity contribution is 6.40. The Morgan fingerprint density at radius 2 is 1.76 bits per heavy atom. The first-order valence-corrected chi connectivity index (χ1v) is 10.9. The minimum absolute atomic E-state index is 0.145. The molecule has 2 fully saturated rings. The number of primary amides is 1. The van der Waals surface area contributed by atoms with Gasteiger partial charge in [0.2, 0.25) is 5.91 Å². The lowest BCUT2D eigenvalue weighted by molar-refractivity contribution is -0.119. The van der Waals surface area contributed by atoms with Crippen LogP contribution in [-0.2, 0) is 9.59 Å². The summed E-state index contributed by atoms with van der Waals surface area (Å²) >= 11 is 0. The van der Waals surface area contributed by atoms with Gasteiger partial charge in [-0.2, -0.15) is 5.10 Å². The molecule has 1 saturated heterocycles. The standard InChI is InChI=1S/C22H31N5O2/c23-21(28)20-14-19(25-27(20)18-10-6-3-7-11-18)22(29)24-16-12-13-26(15-16)17-8-4-1-2-5-9-17/h3,6-7,10-11,16-17,20H,1-2,4-5,8-9,12-15H2,(H2,23,28)(H,24,29). The maximum absolute atomic E-state index is 12.8. The molecular formula is C22H31N5O2. The lowest BCUT2D eigenvalue weighted by Crippen LogP contribution is -2.43. The molecule has 2 heterocycles. The summed E-state index contributed by atoms with van der Waals surface area (Å²) in [7, 11) is 0. The molecule has 156 valence electrons. The summed E-state index contributed by atoms with van der Waals surface area (Å²) in [5, 5.41) is 9.17. The van der Waals surface area contributed by atoms with E-state index in [9.17, 15) is 9.59 Å². The van der Waals surface area contributed by atoms with Crippen molar-refractivity contribution in [2.45, 2.75) is 69.5 Å². The topological polar surface area (TPSA) is 91.0 Å². The fraction of sp³-hybridized carbons (Fsp3) is 0.591. The molecule has 4 rings (SSSR count). The summed E-state index contributed by atoms with van der Waals surface area (Å²) in [5.41, 5.74) is 6.72. The zero-order chi connectivity index (χ0) is 20.2. The van der Waals surface area contributed by atoms with Crippen molar-refractivity contribution >= 4 is 23.2 Å². The first-order chi connectivity index (χ1) is 14.1. The van der Waals surface area contributed by atoms with Gasteiger partial charge in [0.15, 0.2) is 0 Å². The van der Waals surface area contributed by atoms with Crippen LogP contribution < -0.4 is 16.1 Å². The number of hydrogen-bond donors (Lipinski definition) is 2. The molecule has 1 aromatic carbocycles. The van der Waals surface area contributed by atoms with Crippen molar-refractivity contribution in [2.75, 3.05) is 18.1 Å². The van der Waals surface area contributed by atoms with Crippen LogP contribution in [0.1, 0.15) is 51.4 Å². The normalized spacial score (nSPS) is 26.2. The predicted molar refractivity (Wildman–Crippen MR) is 114 cm³/mol. The van der Waals surface area contributed by atoms with Crippen LogP contribution in [0, 0.1) is 0 Å². The largest absolute Gasteiger partial charge is 0.368 e. The first-order valence-electron chi connectivity index (χ1n) is 10.9. The molecule has 2 atom stereocenters. The summed E-state index contributed by atoms with van der Waals surface area (Å²) in [6.07, 6.45) is 9.11. The van der Waals surface area contributed by atoms with Gasteiger partial charge in [-0.05, 0) is 31.4 Å². The van der Waals surface area contributed by atoms with Gasteiger partial charge in [-0.25, -0.2) is 0 Å². The molecular weight excluding hydrogens is 366 g/mol. The Morgan fingerprint density at radius 1 is 1.03 bits per heavy atom. The number of nitrogens with two attached hydrogens (primary N) is 1. The third-order valence-electron chi connectivity index (χ3n) is 6.42. The zero-order valence-corrected chi connectivity index (χ0v) is 16.9. The average molecular weight is 398 g/mol. The number of anilines is 1. The van der Waals surface area contributed by atoms with Crippen molar-refractivity contribution in [3.8, 4) is 0 Å². The second-order valence-electron chi connectivity index (χ2n) is 8.45. The summed E-state index contributed by atoms with van der Waals surface area (Å²) in [5.74, 6) is -0.650. The van der Waals surface area contributed by atoms with Crippen LogP contribution in [0.3, 0.4) is 0 Å². The SMILES string of the molecule is NC(=O)C1CC(C(=O)NC2CCN(C3CCCCCC3)C2)=NN1c1ccccc1. The number of likely N-dealkylation sites (tertiary alicyclic amines) is 1. The lowest BCUT2D eigenvalue weighted by Gasteiger charge is -2.26. The summed E-state index contributed by atoms with van der Waals surface area (Å²) in [6, 6.07) is 9.56. The van der Waals surface area contributed by atoms with Crippen LogP contribution in [0.4, 0.5) is 5.69 Å². The second-order valence-corrected chi connectivity index (χ2v) is 8.45. The molecule has 0 aromatic heterocycles. The molecule has 3 N–H and O–H groups in total. The van der Waals surface area contributed by atoms with Crippen molar-refractivity contribution in [2.24, 2.45) is 10.8 Å². The van der Waals surface area contributed by atoms with E-state index < -0.39 is 11.9 Å². The molecule has 2 aliphatic heterocycles. The fourth-order valence-corrected chi connectivity index (χ4v) is 4.82. The first kappa shape index (κ1) is 19.9. The van der Waals surface area contributed by atoms with Gasteiger partial charge < -0.3 is 11.1 Å². The van der Waals surface area contributed by atoms with Gasteiger partial charge in [-0.1, -0.05) is 43.9 Å². The molecule has 7 nitrogen and oxygen atoms in total. The molecule has 2 unspecified atom stereocenters. The van der Waals surface area contributed by atoms with E-state index in [1.165, 1.54) is 38.5 Å². The zero-order valence-electron chi connectivity index (χ0n) is 16.9. The Labute approximate surface area is 172 Å². The predicted octanol–water partition coefficient (Wildman–Crippen LogP) is 2.02. The summed E-state index contributed by atoms with van der Waals surface area (Å²) in [6.45, 7) is 1.95. The highest BCUT2D eigenvalue weighted by atomic mass is 16.2. The van der Waals surface area contributed by atoms with E-state index in [1.54, 1.807) is 5.01 Å². The van der Waals surface area contributed by atoms with Crippen molar-refractivity contribution < 1.29 is 9.59 Å². The Bertz CT molecular complexity index is 758. The lowest BCUT2D eigenvalue weighted by atomic mass is 10.1. The van der Waals surface area contributed by atoms with Crippen molar-refractivity contribution in [3.63, 3.8) is 0 Å². The van der Waals surface area contributed by atoms with Crippen molar-refractivity contribution in [1.82, 2.24) is 10.2 Å². The van der Waals surface area contributed by atoms with Crippen LogP contribution in [0.15, 0.2) is 35.4 Å². The molecule has 0 radical (unpaired) electrons. The van der Waals surface area contributed by atoms with Gasteiger partial charge in [-0.3, -0.25) is 19.5 Å². The number of hydrazone groups is 1. The molecule has 1 aliphatic carbocycles. The van der Waals surface area contributed by atoms with E-state index in [4.69, 9.17) is 5.73 Å². The van der Waals surface area contributed by atoms with E-state index in [0.717, 1.165) is 25.2 Å². The van der Waals surface area contributed by atoms with Gasteiger partial charge in [-0.15, -0.1) is 0 Å². The number of rotatable bonds is 5. The van der Waals surface area contributed by atoms with Gasteiger partial charge in [0.25, 0.3) is 5.91 Å². The minimum Gasteiger partial charge on any atom is -0.368 e. The number of amides is 2. The monoisotopic (exact) mass is 397 g/mol. The van der Waals surface area contributed by atoms with Gasteiger partial charge in [0.05, 0.1) is 5.69 Å². The van der Waals surface area contributed by atoms with E-state index in [1.807, 2.05) is 30.3 Å². The van der Waals surface area contributed by atoms with Crippen LogP contribution in [0.25, 0.3) is 0 Å². The smallest absolute Gasteiger partial charge is 0.267 e. The number of hydrogen-bond acceptors (Lipinski definition) is 5.